The summed E-state index contributed by atoms with van der Waals surface area (Å²) in [4.78, 5) is 4.04. The molecule has 3 nitrogen and oxygen atoms in total. The van der Waals surface area contributed by atoms with Crippen LogP contribution in [0.25, 0.3) is 0 Å². The van der Waals surface area contributed by atoms with E-state index in [1.807, 2.05) is 13.1 Å². The maximum atomic E-state index is 13.2. The lowest BCUT2D eigenvalue weighted by Gasteiger charge is -2.26. The van der Waals surface area contributed by atoms with E-state index < -0.39 is 0 Å². The molecule has 0 aliphatic heterocycles. The van der Waals surface area contributed by atoms with Gasteiger partial charge < -0.3 is 10.6 Å². The third-order valence-corrected chi connectivity index (χ3v) is 2.76. The normalized spacial score (nSPS) is 11.7. The number of rotatable bonds is 3. The zero-order valence-corrected chi connectivity index (χ0v) is 13.6. The molecule has 0 bridgehead atoms. The summed E-state index contributed by atoms with van der Waals surface area (Å²) in [6.07, 6.45) is 0. The Morgan fingerprint density at radius 2 is 2.06 bits per heavy atom. The highest BCUT2D eigenvalue weighted by Gasteiger charge is 2.21. The van der Waals surface area contributed by atoms with Crippen LogP contribution in [-0.2, 0) is 5.41 Å². The summed E-state index contributed by atoms with van der Waals surface area (Å²) in [6, 6.07) is 6.70. The van der Waals surface area contributed by atoms with Gasteiger partial charge in [0, 0.05) is 26.1 Å². The number of hydrogen-bond donors (Lipinski definition) is 2. The number of guanidine groups is 1. The van der Waals surface area contributed by atoms with Crippen LogP contribution in [0.3, 0.4) is 0 Å². The second-order valence-electron chi connectivity index (χ2n) is 4.57. The van der Waals surface area contributed by atoms with E-state index in [9.17, 15) is 4.39 Å². The molecule has 5 heteroatoms. The first-order chi connectivity index (χ1) is 7.99. The molecule has 0 aliphatic carbocycles. The topological polar surface area (TPSA) is 36.4 Å². The van der Waals surface area contributed by atoms with Crippen molar-refractivity contribution in [3.63, 3.8) is 0 Å². The van der Waals surface area contributed by atoms with E-state index in [4.69, 9.17) is 0 Å². The van der Waals surface area contributed by atoms with Gasteiger partial charge in [-0.15, -0.1) is 24.0 Å². The van der Waals surface area contributed by atoms with Crippen molar-refractivity contribution in [3.05, 3.63) is 35.6 Å². The van der Waals surface area contributed by atoms with Crippen molar-refractivity contribution < 1.29 is 4.39 Å². The molecule has 1 rings (SSSR count). The highest BCUT2D eigenvalue weighted by Crippen LogP contribution is 2.22. The minimum atomic E-state index is -0.200. The highest BCUT2D eigenvalue weighted by atomic mass is 127. The third kappa shape index (κ3) is 4.80. The van der Waals surface area contributed by atoms with Gasteiger partial charge in [0.1, 0.15) is 5.82 Å². The van der Waals surface area contributed by atoms with E-state index in [0.717, 1.165) is 11.5 Å². The van der Waals surface area contributed by atoms with Gasteiger partial charge in [0.05, 0.1) is 0 Å². The van der Waals surface area contributed by atoms with Gasteiger partial charge in [0.25, 0.3) is 0 Å². The number of hydrogen-bond acceptors (Lipinski definition) is 1. The van der Waals surface area contributed by atoms with Gasteiger partial charge in [-0.05, 0) is 17.7 Å². The van der Waals surface area contributed by atoms with Gasteiger partial charge in [-0.1, -0.05) is 26.0 Å². The van der Waals surface area contributed by atoms with Crippen molar-refractivity contribution >= 4 is 29.9 Å². The first-order valence-corrected chi connectivity index (χ1v) is 5.64. The molecule has 0 atom stereocenters. The summed E-state index contributed by atoms with van der Waals surface area (Å²) in [5.74, 6) is 0.531. The first-order valence-electron chi connectivity index (χ1n) is 5.64. The smallest absolute Gasteiger partial charge is 0.190 e. The van der Waals surface area contributed by atoms with E-state index in [1.54, 1.807) is 19.2 Å². The fraction of sp³-hybridized carbons (Fsp3) is 0.462. The van der Waals surface area contributed by atoms with Crippen LogP contribution in [0.4, 0.5) is 4.39 Å². The van der Waals surface area contributed by atoms with E-state index >= 15 is 0 Å². The van der Waals surface area contributed by atoms with Crippen LogP contribution in [0.5, 0.6) is 0 Å². The molecule has 0 heterocycles. The first kappa shape index (κ1) is 17.2. The average molecular weight is 365 g/mol. The molecule has 0 aliphatic rings. The van der Waals surface area contributed by atoms with Gasteiger partial charge in [-0.3, -0.25) is 4.99 Å². The lowest BCUT2D eigenvalue weighted by atomic mass is 9.84. The van der Waals surface area contributed by atoms with E-state index in [0.29, 0.717) is 6.54 Å². The summed E-state index contributed by atoms with van der Waals surface area (Å²) in [5, 5.41) is 6.15. The zero-order valence-electron chi connectivity index (χ0n) is 11.2. The molecule has 0 unspecified atom stereocenters. The highest BCUT2D eigenvalue weighted by molar-refractivity contribution is 14.0. The molecule has 0 amide bonds. The van der Waals surface area contributed by atoms with Crippen LogP contribution in [0.2, 0.25) is 0 Å². The molecule has 18 heavy (non-hydrogen) atoms. The quantitative estimate of drug-likeness (QED) is 0.491. The van der Waals surface area contributed by atoms with Gasteiger partial charge in [0.2, 0.25) is 0 Å². The molecular weight excluding hydrogens is 344 g/mol. The second kappa shape index (κ2) is 7.56. The van der Waals surface area contributed by atoms with Crippen LogP contribution in [0.1, 0.15) is 19.4 Å². The molecule has 0 saturated heterocycles. The molecule has 102 valence electrons. The van der Waals surface area contributed by atoms with Crippen molar-refractivity contribution in [3.8, 4) is 0 Å². The second-order valence-corrected chi connectivity index (χ2v) is 4.57. The molecule has 0 aromatic heterocycles. The summed E-state index contributed by atoms with van der Waals surface area (Å²) in [5.41, 5.74) is 0.811. The van der Waals surface area contributed by atoms with Gasteiger partial charge >= 0.3 is 0 Å². The Bertz CT molecular complexity index is 405. The van der Waals surface area contributed by atoms with Gasteiger partial charge in [0.15, 0.2) is 5.96 Å². The number of halogens is 2. The van der Waals surface area contributed by atoms with Crippen molar-refractivity contribution in [1.82, 2.24) is 10.6 Å². The molecule has 0 fully saturated rings. The lowest BCUT2D eigenvalue weighted by molar-refractivity contribution is 0.504. The summed E-state index contributed by atoms with van der Waals surface area (Å²) >= 11 is 0. The average Bonchev–Trinajstić information content (AvgIpc) is 2.30. The maximum absolute atomic E-state index is 13.2. The zero-order chi connectivity index (χ0) is 12.9. The van der Waals surface area contributed by atoms with Crippen LogP contribution < -0.4 is 10.6 Å². The Morgan fingerprint density at radius 1 is 1.39 bits per heavy atom. The number of nitrogens with zero attached hydrogens (tertiary/aromatic N) is 1. The lowest BCUT2D eigenvalue weighted by Crippen LogP contribution is -2.42. The van der Waals surface area contributed by atoms with Crippen molar-refractivity contribution in [2.75, 3.05) is 20.6 Å². The summed E-state index contributed by atoms with van der Waals surface area (Å²) in [7, 11) is 3.53. The molecule has 1 aromatic rings. The predicted octanol–water partition coefficient (Wildman–Crippen LogP) is 2.52. The fourth-order valence-corrected chi connectivity index (χ4v) is 1.60. The number of nitrogens with one attached hydrogen (secondary N) is 2. The molecule has 1 aromatic carbocycles. The SMILES string of the molecule is CN=C(NC)NCC(C)(C)c1cccc(F)c1.I. The Balaban J connectivity index is 0.00000289. The molecule has 0 spiro atoms. The third-order valence-electron chi connectivity index (χ3n) is 2.76. The summed E-state index contributed by atoms with van der Waals surface area (Å²) in [6.45, 7) is 4.82. The minimum absolute atomic E-state index is 0. The van der Waals surface area contributed by atoms with Crippen LogP contribution in [-0.4, -0.2) is 26.6 Å². The van der Waals surface area contributed by atoms with Gasteiger partial charge in [-0.25, -0.2) is 4.39 Å². The molecule has 2 N–H and O–H groups in total. The van der Waals surface area contributed by atoms with Crippen molar-refractivity contribution in [2.24, 2.45) is 4.99 Å². The van der Waals surface area contributed by atoms with Crippen molar-refractivity contribution in [2.45, 2.75) is 19.3 Å². The number of aliphatic imine (C=N–C) groups is 1. The maximum Gasteiger partial charge on any atom is 0.190 e. The van der Waals surface area contributed by atoms with E-state index in [-0.39, 0.29) is 35.2 Å². The molecule has 0 radical (unpaired) electrons. The minimum Gasteiger partial charge on any atom is -0.359 e. The molecular formula is C13H21FIN3. The van der Waals surface area contributed by atoms with E-state index in [2.05, 4.69) is 29.5 Å². The largest absolute Gasteiger partial charge is 0.359 e. The Hall–Kier alpha value is -0.850. The fourth-order valence-electron chi connectivity index (χ4n) is 1.60. The standard InChI is InChI=1S/C13H20FN3.HI/c1-13(2,9-17-12(15-3)16-4)10-6-5-7-11(14)8-10;/h5-8H,9H2,1-4H3,(H2,15,16,17);1H. The Labute approximate surface area is 125 Å². The molecule has 0 saturated carbocycles. The Morgan fingerprint density at radius 3 is 2.56 bits per heavy atom. The van der Waals surface area contributed by atoms with Crippen LogP contribution in [0, 0.1) is 5.82 Å². The Kier molecular flexibility index (Phi) is 7.20. The van der Waals surface area contributed by atoms with E-state index in [1.165, 1.54) is 6.07 Å². The van der Waals surface area contributed by atoms with Gasteiger partial charge in [-0.2, -0.15) is 0 Å². The monoisotopic (exact) mass is 365 g/mol. The summed E-state index contributed by atoms with van der Waals surface area (Å²) < 4.78 is 13.2. The predicted molar refractivity (Wildman–Crippen MR) is 85.3 cm³/mol. The number of benzene rings is 1. The van der Waals surface area contributed by atoms with Crippen LogP contribution in [0.15, 0.2) is 29.3 Å². The van der Waals surface area contributed by atoms with Crippen LogP contribution >= 0.6 is 24.0 Å². The van der Waals surface area contributed by atoms with Crippen molar-refractivity contribution in [1.29, 1.82) is 0 Å².